The van der Waals surface area contributed by atoms with Crippen LogP contribution in [0.2, 0.25) is 5.02 Å². The van der Waals surface area contributed by atoms with E-state index in [0.717, 1.165) is 4.47 Å². The Labute approximate surface area is 193 Å². The van der Waals surface area contributed by atoms with Gasteiger partial charge >= 0.3 is 5.97 Å². The van der Waals surface area contributed by atoms with Crippen molar-refractivity contribution in [2.75, 3.05) is 6.61 Å². The van der Waals surface area contributed by atoms with Crippen LogP contribution in [0.25, 0.3) is 0 Å². The number of rotatable bonds is 7. The normalized spacial score (nSPS) is 10.8. The number of halogens is 3. The Kier molecular flexibility index (Phi) is 7.67. The molecule has 0 aliphatic rings. The zero-order valence-corrected chi connectivity index (χ0v) is 19.0. The first-order valence-corrected chi connectivity index (χ1v) is 10.3. The fourth-order valence-corrected chi connectivity index (χ4v) is 3.38. The summed E-state index contributed by atoms with van der Waals surface area (Å²) in [4.78, 5) is 24.1. The third kappa shape index (κ3) is 6.19. The number of nitrogens with one attached hydrogen (secondary N) is 1. The molecule has 2 aromatic carbocycles. The summed E-state index contributed by atoms with van der Waals surface area (Å²) in [6.45, 7) is -0.254. The summed E-state index contributed by atoms with van der Waals surface area (Å²) in [6.07, 6.45) is 2.73. The molecule has 0 saturated heterocycles. The number of esters is 1. The van der Waals surface area contributed by atoms with Crippen molar-refractivity contribution in [1.29, 1.82) is 0 Å². The van der Waals surface area contributed by atoms with Crippen LogP contribution in [0.3, 0.4) is 0 Å². The minimum atomic E-state index is -0.650. The van der Waals surface area contributed by atoms with Crippen LogP contribution >= 0.6 is 43.5 Å². The summed E-state index contributed by atoms with van der Waals surface area (Å²) in [5.41, 5.74) is 2.81. The summed E-state index contributed by atoms with van der Waals surface area (Å²) in [5.74, 6) is -0.337. The molecule has 3 aromatic rings. The number of furan rings is 1. The Hall–Kier alpha value is -2.62. The zero-order chi connectivity index (χ0) is 21.5. The lowest BCUT2D eigenvalue weighted by Crippen LogP contribution is -2.24. The maximum atomic E-state index is 12.1. The molecule has 0 bridgehead atoms. The highest BCUT2D eigenvalue weighted by Crippen LogP contribution is 2.28. The van der Waals surface area contributed by atoms with Crippen molar-refractivity contribution in [3.05, 3.63) is 80.1 Å². The van der Waals surface area contributed by atoms with E-state index in [4.69, 9.17) is 25.5 Å². The summed E-state index contributed by atoms with van der Waals surface area (Å²) in [6, 6.07) is 13.0. The van der Waals surface area contributed by atoms with Crippen LogP contribution in [0, 0.1) is 0 Å². The van der Waals surface area contributed by atoms with Gasteiger partial charge in [-0.15, -0.1) is 0 Å². The highest BCUT2D eigenvalue weighted by atomic mass is 79.9. The molecule has 1 amide bonds. The number of carbonyl (C=O) groups excluding carboxylic acids is 2. The highest BCUT2D eigenvalue weighted by Gasteiger charge is 2.14. The Morgan fingerprint density at radius 3 is 2.67 bits per heavy atom. The Morgan fingerprint density at radius 2 is 1.93 bits per heavy atom. The lowest BCUT2D eigenvalue weighted by atomic mass is 10.2. The molecule has 0 fully saturated rings. The molecule has 10 heteroatoms. The van der Waals surface area contributed by atoms with Gasteiger partial charge in [0.2, 0.25) is 5.76 Å². The van der Waals surface area contributed by atoms with Gasteiger partial charge in [-0.25, -0.2) is 10.2 Å². The minimum absolute atomic E-state index is 0.0691. The van der Waals surface area contributed by atoms with Crippen molar-refractivity contribution in [1.82, 2.24) is 5.43 Å². The van der Waals surface area contributed by atoms with Crippen LogP contribution in [0.5, 0.6) is 11.5 Å². The van der Waals surface area contributed by atoms with Gasteiger partial charge < -0.3 is 13.9 Å². The number of amides is 1. The maximum Gasteiger partial charge on any atom is 0.379 e. The lowest BCUT2D eigenvalue weighted by Gasteiger charge is -2.08. The van der Waals surface area contributed by atoms with E-state index in [1.807, 2.05) is 0 Å². The molecule has 1 heterocycles. The molecule has 154 valence electrons. The molecule has 1 aromatic heterocycles. The van der Waals surface area contributed by atoms with Crippen LogP contribution in [-0.4, -0.2) is 24.7 Å². The van der Waals surface area contributed by atoms with E-state index in [1.54, 1.807) is 42.5 Å². The van der Waals surface area contributed by atoms with Crippen LogP contribution in [0.4, 0.5) is 0 Å². The van der Waals surface area contributed by atoms with Crippen LogP contribution < -0.4 is 14.9 Å². The van der Waals surface area contributed by atoms with Crippen LogP contribution in [-0.2, 0) is 4.79 Å². The van der Waals surface area contributed by atoms with Gasteiger partial charge in [-0.3, -0.25) is 4.79 Å². The molecule has 0 aliphatic carbocycles. The van der Waals surface area contributed by atoms with E-state index < -0.39 is 11.9 Å². The lowest BCUT2D eigenvalue weighted by molar-refractivity contribution is -0.123. The molecular weight excluding hydrogens is 543 g/mol. The van der Waals surface area contributed by atoms with Gasteiger partial charge in [0.05, 0.1) is 17.0 Å². The molecule has 0 atom stereocenters. The second-order valence-electron chi connectivity index (χ2n) is 5.71. The van der Waals surface area contributed by atoms with Gasteiger partial charge in [0.15, 0.2) is 6.61 Å². The van der Waals surface area contributed by atoms with E-state index in [9.17, 15) is 9.59 Å². The molecule has 7 nitrogen and oxygen atoms in total. The van der Waals surface area contributed by atoms with Crippen molar-refractivity contribution < 1.29 is 23.5 Å². The van der Waals surface area contributed by atoms with Crippen LogP contribution in [0.1, 0.15) is 16.1 Å². The quantitative estimate of drug-likeness (QED) is 0.187. The Morgan fingerprint density at radius 1 is 1.13 bits per heavy atom. The van der Waals surface area contributed by atoms with Crippen molar-refractivity contribution in [3.8, 4) is 11.5 Å². The standard InChI is InChI=1S/C20H13Br2ClN2O5/c21-13-3-5-16(30-20(27)18-2-1-7-28-18)12(8-13)10-24-25-19(26)11-29-17-6-4-14(23)9-15(17)22/h1-10H,11H2,(H,25,26)/b24-10-. The Balaban J connectivity index is 1.60. The van der Waals surface area contributed by atoms with E-state index in [2.05, 4.69) is 42.4 Å². The van der Waals surface area contributed by atoms with Crippen molar-refractivity contribution >= 4 is 61.6 Å². The predicted octanol–water partition coefficient (Wildman–Crippen LogP) is 5.21. The number of benzene rings is 2. The van der Waals surface area contributed by atoms with Gasteiger partial charge in [0.1, 0.15) is 11.5 Å². The van der Waals surface area contributed by atoms with E-state index in [1.165, 1.54) is 18.5 Å². The van der Waals surface area contributed by atoms with Gasteiger partial charge in [-0.2, -0.15) is 5.10 Å². The average molecular weight is 557 g/mol. The molecule has 0 saturated carbocycles. The van der Waals surface area contributed by atoms with Gasteiger partial charge in [-0.05, 0) is 64.5 Å². The van der Waals surface area contributed by atoms with Crippen molar-refractivity contribution in [3.63, 3.8) is 0 Å². The largest absolute Gasteiger partial charge is 0.483 e. The number of hydrogen-bond acceptors (Lipinski definition) is 6. The van der Waals surface area contributed by atoms with Gasteiger partial charge in [-0.1, -0.05) is 27.5 Å². The van der Waals surface area contributed by atoms with Crippen molar-refractivity contribution in [2.45, 2.75) is 0 Å². The zero-order valence-electron chi connectivity index (χ0n) is 15.1. The monoisotopic (exact) mass is 554 g/mol. The van der Waals surface area contributed by atoms with E-state index >= 15 is 0 Å². The molecular formula is C20H13Br2ClN2O5. The van der Waals surface area contributed by atoms with E-state index in [-0.39, 0.29) is 18.1 Å². The topological polar surface area (TPSA) is 90.1 Å². The first-order chi connectivity index (χ1) is 14.4. The third-order valence-corrected chi connectivity index (χ3v) is 4.89. The minimum Gasteiger partial charge on any atom is -0.483 e. The third-order valence-electron chi connectivity index (χ3n) is 3.54. The second kappa shape index (κ2) is 10.4. The van der Waals surface area contributed by atoms with Gasteiger partial charge in [0, 0.05) is 15.1 Å². The molecule has 0 spiro atoms. The number of nitrogens with zero attached hydrogens (tertiary/aromatic N) is 1. The molecule has 0 aliphatic heterocycles. The fourth-order valence-electron chi connectivity index (χ4n) is 2.20. The molecule has 3 rings (SSSR count). The number of carbonyl (C=O) groups is 2. The second-order valence-corrected chi connectivity index (χ2v) is 7.91. The molecule has 1 N–H and O–H groups in total. The summed E-state index contributed by atoms with van der Waals surface area (Å²) in [7, 11) is 0. The smallest absolute Gasteiger partial charge is 0.379 e. The van der Waals surface area contributed by atoms with E-state index in [0.29, 0.717) is 20.8 Å². The number of ether oxygens (including phenoxy) is 2. The molecule has 0 unspecified atom stereocenters. The number of hydrogen-bond donors (Lipinski definition) is 1. The summed E-state index contributed by atoms with van der Waals surface area (Å²) < 4.78 is 17.1. The first-order valence-electron chi connectivity index (χ1n) is 8.37. The first kappa shape index (κ1) is 22.1. The molecule has 30 heavy (non-hydrogen) atoms. The predicted molar refractivity (Wildman–Crippen MR) is 118 cm³/mol. The average Bonchev–Trinajstić information content (AvgIpc) is 3.24. The maximum absolute atomic E-state index is 12.1. The summed E-state index contributed by atoms with van der Waals surface area (Å²) in [5, 5.41) is 4.43. The fraction of sp³-hybridized carbons (Fsp3) is 0.0500. The van der Waals surface area contributed by atoms with Crippen molar-refractivity contribution in [2.24, 2.45) is 5.10 Å². The highest BCUT2D eigenvalue weighted by molar-refractivity contribution is 9.10. The molecule has 0 radical (unpaired) electrons. The van der Waals surface area contributed by atoms with Gasteiger partial charge in [0.25, 0.3) is 5.91 Å². The summed E-state index contributed by atoms with van der Waals surface area (Å²) >= 11 is 12.5. The number of hydrazone groups is 1. The van der Waals surface area contributed by atoms with Crippen LogP contribution in [0.15, 0.2) is 73.3 Å². The SMILES string of the molecule is O=C(COc1ccc(Cl)cc1Br)N/N=C\c1cc(Br)ccc1OC(=O)c1ccco1. The Bertz CT molecular complexity index is 1090.